The van der Waals surface area contributed by atoms with E-state index in [4.69, 9.17) is 9.47 Å². The average molecular weight is 550 g/mol. The molecule has 0 radical (unpaired) electrons. The van der Waals surface area contributed by atoms with Crippen molar-refractivity contribution in [3.63, 3.8) is 0 Å². The second-order valence-electron chi connectivity index (χ2n) is 10.6. The molecule has 2 aliphatic rings. The summed E-state index contributed by atoms with van der Waals surface area (Å²) in [5.74, 6) is 2.19. The lowest BCUT2D eigenvalue weighted by atomic mass is 9.84. The second-order valence-corrected chi connectivity index (χ2v) is 11.6. The maximum absolute atomic E-state index is 11.8. The van der Waals surface area contributed by atoms with Crippen molar-refractivity contribution in [2.24, 2.45) is 5.92 Å². The van der Waals surface area contributed by atoms with Gasteiger partial charge in [-0.3, -0.25) is 4.90 Å². The van der Waals surface area contributed by atoms with Crippen molar-refractivity contribution in [3.05, 3.63) is 82.9 Å². The van der Waals surface area contributed by atoms with Crippen molar-refractivity contribution in [1.82, 2.24) is 4.90 Å². The Bertz CT molecular complexity index is 1400. The standard InChI is InChI=1S/C31H35NO6S/c1-19-12-13-32(16-19)20(2)17-37-26-9-5-22(6-10-26)31-30(21(3)27-14-25(34)8-11-29(27)38-31)28-15-24(33)7-4-23(28)18-39(35)36/h4-11,14-15,19-20,31,33-34H,12-13,16-18H2,1-3H3,(H,35,36)/t19-,20+,31?/m1/s1. The maximum atomic E-state index is 11.8. The summed E-state index contributed by atoms with van der Waals surface area (Å²) in [6, 6.07) is 17.9. The lowest BCUT2D eigenvalue weighted by Gasteiger charge is -2.32. The topological polar surface area (TPSA) is 99.5 Å². The number of ether oxygens (including phenoxy) is 2. The highest BCUT2D eigenvalue weighted by Gasteiger charge is 2.31. The summed E-state index contributed by atoms with van der Waals surface area (Å²) in [7, 11) is 0. The summed E-state index contributed by atoms with van der Waals surface area (Å²) in [4.78, 5) is 2.47. The number of hydrogen-bond donors (Lipinski definition) is 3. The van der Waals surface area contributed by atoms with Crippen molar-refractivity contribution >= 4 is 22.2 Å². The maximum Gasteiger partial charge on any atom is 0.157 e. The fraction of sp³-hybridized carbons (Fsp3) is 0.355. The van der Waals surface area contributed by atoms with Crippen molar-refractivity contribution in [2.45, 2.75) is 45.1 Å². The Labute approximate surface area is 232 Å². The monoisotopic (exact) mass is 549 g/mol. The zero-order valence-electron chi connectivity index (χ0n) is 22.5. The van der Waals surface area contributed by atoms with E-state index in [9.17, 15) is 19.0 Å². The lowest BCUT2D eigenvalue weighted by Crippen LogP contribution is -2.35. The summed E-state index contributed by atoms with van der Waals surface area (Å²) in [6.45, 7) is 9.25. The van der Waals surface area contributed by atoms with Gasteiger partial charge in [-0.05, 0) is 97.5 Å². The zero-order chi connectivity index (χ0) is 27.7. The van der Waals surface area contributed by atoms with Crippen LogP contribution in [0.4, 0.5) is 0 Å². The van der Waals surface area contributed by atoms with Gasteiger partial charge in [-0.1, -0.05) is 25.1 Å². The third-order valence-electron chi connectivity index (χ3n) is 7.69. The van der Waals surface area contributed by atoms with Crippen LogP contribution in [0, 0.1) is 5.92 Å². The van der Waals surface area contributed by atoms with Gasteiger partial charge >= 0.3 is 0 Å². The molecule has 3 aromatic rings. The summed E-state index contributed by atoms with van der Waals surface area (Å²) < 4.78 is 34.0. The van der Waals surface area contributed by atoms with E-state index < -0.39 is 17.2 Å². The smallest absolute Gasteiger partial charge is 0.157 e. The van der Waals surface area contributed by atoms with E-state index in [0.717, 1.165) is 47.0 Å². The van der Waals surface area contributed by atoms with Crippen LogP contribution in [0.15, 0.2) is 60.7 Å². The number of phenolic OH excluding ortho intramolecular Hbond substituents is 2. The molecule has 206 valence electrons. The van der Waals surface area contributed by atoms with Gasteiger partial charge < -0.3 is 24.2 Å². The molecule has 2 unspecified atom stereocenters. The molecule has 3 aromatic carbocycles. The number of hydrogen-bond acceptors (Lipinski definition) is 6. The molecular weight excluding hydrogens is 514 g/mol. The minimum Gasteiger partial charge on any atom is -0.508 e. The molecule has 0 saturated carbocycles. The molecule has 5 rings (SSSR count). The Morgan fingerprint density at radius 1 is 1.05 bits per heavy atom. The van der Waals surface area contributed by atoms with Gasteiger partial charge in [-0.25, -0.2) is 4.21 Å². The Balaban J connectivity index is 1.48. The summed E-state index contributed by atoms with van der Waals surface area (Å²) in [5.41, 5.74) is 4.45. The third kappa shape index (κ3) is 5.98. The van der Waals surface area contributed by atoms with E-state index in [1.807, 2.05) is 31.2 Å². The molecule has 7 nitrogen and oxygen atoms in total. The van der Waals surface area contributed by atoms with Gasteiger partial charge in [-0.15, -0.1) is 0 Å². The number of rotatable bonds is 8. The highest BCUT2D eigenvalue weighted by atomic mass is 32.2. The van der Waals surface area contributed by atoms with Crippen LogP contribution in [0.2, 0.25) is 0 Å². The first-order valence-electron chi connectivity index (χ1n) is 13.3. The third-order valence-corrected chi connectivity index (χ3v) is 8.25. The number of allylic oxidation sites excluding steroid dienone is 1. The number of fused-ring (bicyclic) bond motifs is 1. The number of nitrogens with zero attached hydrogens (tertiary/aromatic N) is 1. The van der Waals surface area contributed by atoms with E-state index in [0.29, 0.717) is 29.5 Å². The number of phenols is 2. The first-order chi connectivity index (χ1) is 18.7. The van der Waals surface area contributed by atoms with Crippen LogP contribution in [0.3, 0.4) is 0 Å². The molecule has 0 amide bonds. The average Bonchev–Trinajstić information content (AvgIpc) is 3.35. The molecule has 1 fully saturated rings. The summed E-state index contributed by atoms with van der Waals surface area (Å²) in [5, 5.41) is 20.5. The minimum absolute atomic E-state index is 0.0449. The van der Waals surface area contributed by atoms with Crippen LogP contribution >= 0.6 is 0 Å². The molecular formula is C31H35NO6S. The number of aromatic hydroxyl groups is 2. The van der Waals surface area contributed by atoms with Gasteiger partial charge in [0.25, 0.3) is 0 Å². The fourth-order valence-electron chi connectivity index (χ4n) is 5.52. The van der Waals surface area contributed by atoms with Gasteiger partial charge in [0.05, 0.1) is 5.75 Å². The molecule has 39 heavy (non-hydrogen) atoms. The largest absolute Gasteiger partial charge is 0.508 e. The van der Waals surface area contributed by atoms with Gasteiger partial charge in [0.1, 0.15) is 35.7 Å². The van der Waals surface area contributed by atoms with Crippen LogP contribution in [0.25, 0.3) is 11.1 Å². The Kier molecular flexibility index (Phi) is 7.98. The molecule has 2 aliphatic heterocycles. The molecule has 0 aliphatic carbocycles. The van der Waals surface area contributed by atoms with Crippen molar-refractivity contribution in [2.75, 3.05) is 19.7 Å². The number of likely N-dealkylation sites (tertiary alicyclic amines) is 1. The molecule has 8 heteroatoms. The molecule has 0 aromatic heterocycles. The Morgan fingerprint density at radius 3 is 2.41 bits per heavy atom. The predicted octanol–water partition coefficient (Wildman–Crippen LogP) is 5.99. The molecule has 4 atom stereocenters. The molecule has 2 heterocycles. The molecule has 0 spiro atoms. The molecule has 1 saturated heterocycles. The number of benzene rings is 3. The molecule has 3 N–H and O–H groups in total. The minimum atomic E-state index is -2.07. The van der Waals surface area contributed by atoms with E-state index in [1.54, 1.807) is 30.3 Å². The quantitative estimate of drug-likeness (QED) is 0.297. The van der Waals surface area contributed by atoms with Gasteiger partial charge in [0.2, 0.25) is 0 Å². The molecule has 0 bridgehead atoms. The highest BCUT2D eigenvalue weighted by Crippen LogP contribution is 2.48. The highest BCUT2D eigenvalue weighted by molar-refractivity contribution is 7.78. The van der Waals surface area contributed by atoms with Crippen molar-refractivity contribution < 1.29 is 28.4 Å². The van der Waals surface area contributed by atoms with Crippen LogP contribution in [0.1, 0.15) is 55.5 Å². The van der Waals surface area contributed by atoms with Crippen molar-refractivity contribution in [1.29, 1.82) is 0 Å². The van der Waals surface area contributed by atoms with Gasteiger partial charge in [0.15, 0.2) is 11.1 Å². The van der Waals surface area contributed by atoms with Gasteiger partial charge in [0, 0.05) is 23.7 Å². The van der Waals surface area contributed by atoms with Crippen LogP contribution < -0.4 is 9.47 Å². The van der Waals surface area contributed by atoms with Crippen molar-refractivity contribution in [3.8, 4) is 23.0 Å². The van der Waals surface area contributed by atoms with E-state index in [1.165, 1.54) is 12.5 Å². The normalized spacial score (nSPS) is 20.8. The van der Waals surface area contributed by atoms with E-state index in [-0.39, 0.29) is 17.3 Å². The second kappa shape index (κ2) is 11.4. The van der Waals surface area contributed by atoms with Crippen LogP contribution in [0.5, 0.6) is 23.0 Å². The summed E-state index contributed by atoms with van der Waals surface area (Å²) >= 11 is -2.07. The zero-order valence-corrected chi connectivity index (χ0v) is 23.3. The van der Waals surface area contributed by atoms with Gasteiger partial charge in [-0.2, -0.15) is 0 Å². The lowest BCUT2D eigenvalue weighted by molar-refractivity contribution is 0.169. The van der Waals surface area contributed by atoms with Crippen LogP contribution in [-0.2, 0) is 16.8 Å². The fourth-order valence-corrected chi connectivity index (χ4v) is 6.04. The van der Waals surface area contributed by atoms with E-state index >= 15 is 0 Å². The first kappa shape index (κ1) is 27.2. The first-order valence-corrected chi connectivity index (χ1v) is 14.5. The van der Waals surface area contributed by atoms with Crippen LogP contribution in [-0.4, -0.2) is 49.6 Å². The summed E-state index contributed by atoms with van der Waals surface area (Å²) in [6.07, 6.45) is 0.682. The van der Waals surface area contributed by atoms with E-state index in [2.05, 4.69) is 18.7 Å². The Morgan fingerprint density at radius 2 is 1.74 bits per heavy atom. The predicted molar refractivity (Wildman–Crippen MR) is 153 cm³/mol. The SMILES string of the molecule is CC1=C(c2cc(O)ccc2CS(=O)O)C(c2ccc(OC[C@H](C)N3CC[C@@H](C)C3)cc2)Oc2ccc(O)cc21. The Hall–Kier alpha value is -3.33.